The fourth-order valence-electron chi connectivity index (χ4n) is 3.23. The first kappa shape index (κ1) is 21.8. The van der Waals surface area contributed by atoms with Gasteiger partial charge in [-0.3, -0.25) is 4.79 Å². The van der Waals surface area contributed by atoms with E-state index in [0.717, 1.165) is 38.5 Å². The number of halogens is 1. The monoisotopic (exact) mass is 524 g/mol. The summed E-state index contributed by atoms with van der Waals surface area (Å²) >= 11 is 7.90. The lowest BCUT2D eigenvalue weighted by Crippen LogP contribution is -2.35. The molecule has 0 unspecified atom stereocenters. The first-order valence-corrected chi connectivity index (χ1v) is 11.1. The van der Waals surface area contributed by atoms with Gasteiger partial charge in [-0.15, -0.1) is 0 Å². The number of anilines is 1. The third-order valence-corrected chi connectivity index (χ3v) is 6.10. The summed E-state index contributed by atoms with van der Waals surface area (Å²) in [5, 5.41) is 2.83. The Morgan fingerprint density at radius 2 is 1.86 bits per heavy atom. The average Bonchev–Trinajstić information content (AvgIpc) is 2.74. The number of nitrogens with zero attached hydrogens (tertiary/aromatic N) is 1. The lowest BCUT2D eigenvalue weighted by molar-refractivity contribution is -0.118. The number of amides is 1. The molecule has 0 aromatic heterocycles. The Kier molecular flexibility index (Phi) is 7.71. The number of methoxy groups -OCH3 is 1. The molecule has 0 atom stereocenters. The second-order valence-corrected chi connectivity index (χ2v) is 8.59. The van der Waals surface area contributed by atoms with Crippen LogP contribution in [0, 0.1) is 10.5 Å². The third kappa shape index (κ3) is 5.82. The van der Waals surface area contributed by atoms with Crippen LogP contribution in [0.5, 0.6) is 11.5 Å². The number of nitrogens with one attached hydrogen (secondary N) is 1. The Labute approximate surface area is 190 Å². The van der Waals surface area contributed by atoms with Gasteiger partial charge in [-0.25, -0.2) is 0 Å². The fourth-order valence-corrected chi connectivity index (χ4v) is 4.29. The van der Waals surface area contributed by atoms with Crippen molar-refractivity contribution in [3.8, 4) is 11.5 Å². The van der Waals surface area contributed by atoms with Gasteiger partial charge >= 0.3 is 0 Å². The Morgan fingerprint density at radius 3 is 2.52 bits per heavy atom. The second-order valence-electron chi connectivity index (χ2n) is 7.05. The van der Waals surface area contributed by atoms with Gasteiger partial charge in [0.15, 0.2) is 18.1 Å². The van der Waals surface area contributed by atoms with Crippen molar-refractivity contribution in [2.75, 3.05) is 32.1 Å². The van der Waals surface area contributed by atoms with Gasteiger partial charge in [0.05, 0.1) is 10.7 Å². The van der Waals surface area contributed by atoms with Crippen LogP contribution >= 0.6 is 34.8 Å². The van der Waals surface area contributed by atoms with Crippen LogP contribution in [0.15, 0.2) is 36.4 Å². The maximum absolute atomic E-state index is 12.3. The number of aryl methyl sites for hydroxylation is 1. The summed E-state index contributed by atoms with van der Waals surface area (Å²) in [5.74, 6) is 0.909. The number of likely N-dealkylation sites (tertiary alicyclic amines) is 1. The molecule has 2 aromatic rings. The second kappa shape index (κ2) is 10.2. The van der Waals surface area contributed by atoms with Crippen molar-refractivity contribution < 1.29 is 14.3 Å². The summed E-state index contributed by atoms with van der Waals surface area (Å²) in [6, 6.07) is 11.5. The molecule has 0 bridgehead atoms. The Balaban J connectivity index is 1.67. The highest BCUT2D eigenvalue weighted by Crippen LogP contribution is 2.34. The predicted octanol–water partition coefficient (Wildman–Crippen LogP) is 4.79. The van der Waals surface area contributed by atoms with E-state index in [0.29, 0.717) is 11.5 Å². The SMILES string of the molecule is COc1cc(C(=S)N2CCCCC2)cc(I)c1OCC(=O)Nc1ccc(C)cc1. The summed E-state index contributed by atoms with van der Waals surface area (Å²) in [6.45, 7) is 3.89. The van der Waals surface area contributed by atoms with E-state index < -0.39 is 0 Å². The molecule has 0 saturated carbocycles. The minimum absolute atomic E-state index is 0.101. The molecule has 2 aromatic carbocycles. The van der Waals surface area contributed by atoms with Crippen molar-refractivity contribution in [2.24, 2.45) is 0 Å². The van der Waals surface area contributed by atoms with Gasteiger partial charge in [0.2, 0.25) is 0 Å². The number of hydrogen-bond acceptors (Lipinski definition) is 4. The topological polar surface area (TPSA) is 50.8 Å². The molecule has 0 aliphatic carbocycles. The van der Waals surface area contributed by atoms with Gasteiger partial charge in [0, 0.05) is 24.3 Å². The highest BCUT2D eigenvalue weighted by Gasteiger charge is 2.19. The standard InChI is InChI=1S/C22H25IN2O3S/c1-15-6-8-17(9-7-15)24-20(26)14-28-21-18(23)12-16(13-19(21)27-2)22(29)25-10-4-3-5-11-25/h6-9,12-13H,3-5,10-11,14H2,1-2H3,(H,24,26). The number of carbonyl (C=O) groups excluding carboxylic acids is 1. The highest BCUT2D eigenvalue weighted by molar-refractivity contribution is 14.1. The van der Waals surface area contributed by atoms with Crippen molar-refractivity contribution in [1.82, 2.24) is 4.90 Å². The minimum atomic E-state index is -0.223. The quantitative estimate of drug-likeness (QED) is 0.435. The third-order valence-electron chi connectivity index (χ3n) is 4.80. The van der Waals surface area contributed by atoms with Gasteiger partial charge in [0.25, 0.3) is 5.91 Å². The lowest BCUT2D eigenvalue weighted by atomic mass is 10.1. The van der Waals surface area contributed by atoms with E-state index in [1.807, 2.05) is 43.3 Å². The van der Waals surface area contributed by atoms with Crippen LogP contribution in [0.3, 0.4) is 0 Å². The molecule has 0 radical (unpaired) electrons. The lowest BCUT2D eigenvalue weighted by Gasteiger charge is -2.29. The van der Waals surface area contributed by atoms with Gasteiger partial charge in [-0.2, -0.15) is 0 Å². The number of rotatable bonds is 6. The van der Waals surface area contributed by atoms with Gasteiger partial charge in [-0.1, -0.05) is 29.9 Å². The number of benzene rings is 2. The van der Waals surface area contributed by atoms with Gasteiger partial charge in [0.1, 0.15) is 4.99 Å². The largest absolute Gasteiger partial charge is 0.493 e. The maximum Gasteiger partial charge on any atom is 0.262 e. The number of ether oxygens (including phenoxy) is 2. The molecular weight excluding hydrogens is 499 g/mol. The minimum Gasteiger partial charge on any atom is -0.493 e. The molecule has 7 heteroatoms. The zero-order valence-electron chi connectivity index (χ0n) is 16.7. The molecular formula is C22H25IN2O3S. The number of piperidine rings is 1. The Hall–Kier alpha value is -1.87. The van der Waals surface area contributed by atoms with Crippen LogP contribution in [-0.4, -0.2) is 42.6 Å². The molecule has 1 saturated heterocycles. The Morgan fingerprint density at radius 1 is 1.17 bits per heavy atom. The Bertz CT molecular complexity index is 880. The highest BCUT2D eigenvalue weighted by atomic mass is 127. The maximum atomic E-state index is 12.3. The van der Waals surface area contributed by atoms with Crippen LogP contribution in [0.25, 0.3) is 0 Å². The first-order chi connectivity index (χ1) is 14.0. The summed E-state index contributed by atoms with van der Waals surface area (Å²) < 4.78 is 12.2. The van der Waals surface area contributed by atoms with Crippen molar-refractivity contribution in [2.45, 2.75) is 26.2 Å². The van der Waals surface area contributed by atoms with Gasteiger partial charge < -0.3 is 19.7 Å². The molecule has 1 amide bonds. The van der Waals surface area contributed by atoms with Crippen LogP contribution in [-0.2, 0) is 4.79 Å². The van der Waals surface area contributed by atoms with E-state index in [9.17, 15) is 4.79 Å². The first-order valence-electron chi connectivity index (χ1n) is 9.64. The van der Waals surface area contributed by atoms with Crippen molar-refractivity contribution in [1.29, 1.82) is 0 Å². The zero-order chi connectivity index (χ0) is 20.8. The number of carbonyl (C=O) groups is 1. The smallest absolute Gasteiger partial charge is 0.262 e. The molecule has 5 nitrogen and oxygen atoms in total. The molecule has 1 heterocycles. The predicted molar refractivity (Wildman–Crippen MR) is 128 cm³/mol. The van der Waals surface area contributed by atoms with E-state index in [1.54, 1.807) is 7.11 Å². The van der Waals surface area contributed by atoms with Crippen LogP contribution in [0.2, 0.25) is 0 Å². The van der Waals surface area contributed by atoms with Crippen molar-refractivity contribution in [3.63, 3.8) is 0 Å². The van der Waals surface area contributed by atoms with E-state index in [-0.39, 0.29) is 12.5 Å². The van der Waals surface area contributed by atoms with Crippen LogP contribution < -0.4 is 14.8 Å². The molecule has 1 aliphatic rings. The van der Waals surface area contributed by atoms with E-state index in [1.165, 1.54) is 19.3 Å². The van der Waals surface area contributed by atoms with E-state index in [2.05, 4.69) is 32.8 Å². The summed E-state index contributed by atoms with van der Waals surface area (Å²) in [6.07, 6.45) is 3.61. The summed E-state index contributed by atoms with van der Waals surface area (Å²) in [4.78, 5) is 15.3. The van der Waals surface area contributed by atoms with Crippen molar-refractivity contribution >= 4 is 51.4 Å². The van der Waals surface area contributed by atoms with Crippen LogP contribution in [0.4, 0.5) is 5.69 Å². The number of thiocarbonyl (C=S) groups is 1. The average molecular weight is 524 g/mol. The van der Waals surface area contributed by atoms with Crippen LogP contribution in [0.1, 0.15) is 30.4 Å². The summed E-state index contributed by atoms with van der Waals surface area (Å²) in [5.41, 5.74) is 2.83. The normalized spacial score (nSPS) is 13.7. The van der Waals surface area contributed by atoms with E-state index in [4.69, 9.17) is 21.7 Å². The molecule has 1 N–H and O–H groups in total. The summed E-state index contributed by atoms with van der Waals surface area (Å²) in [7, 11) is 1.60. The van der Waals surface area contributed by atoms with Crippen molar-refractivity contribution in [3.05, 3.63) is 51.1 Å². The molecule has 29 heavy (non-hydrogen) atoms. The fraction of sp³-hybridized carbons (Fsp3) is 0.364. The number of hydrogen-bond donors (Lipinski definition) is 1. The zero-order valence-corrected chi connectivity index (χ0v) is 19.6. The molecule has 1 fully saturated rings. The van der Waals surface area contributed by atoms with E-state index >= 15 is 0 Å². The van der Waals surface area contributed by atoms with Gasteiger partial charge in [-0.05, 0) is 73.0 Å². The molecule has 1 aliphatic heterocycles. The molecule has 3 rings (SSSR count). The molecule has 0 spiro atoms. The molecule has 154 valence electrons.